The molecule has 0 spiro atoms. The SMILES string of the molecule is COc1ccc([C@H]2C[C@@H](SC#N)CCO2)cc1. The molecule has 2 atom stereocenters. The van der Waals surface area contributed by atoms with E-state index < -0.39 is 0 Å². The quantitative estimate of drug-likeness (QED) is 0.772. The molecule has 4 heteroatoms. The highest BCUT2D eigenvalue weighted by atomic mass is 32.2. The van der Waals surface area contributed by atoms with Gasteiger partial charge in [-0.2, -0.15) is 5.26 Å². The Morgan fingerprint density at radius 1 is 1.41 bits per heavy atom. The molecule has 1 aromatic rings. The Kier molecular flexibility index (Phi) is 4.29. The third kappa shape index (κ3) is 3.15. The summed E-state index contributed by atoms with van der Waals surface area (Å²) < 4.78 is 10.9. The average molecular weight is 249 g/mol. The van der Waals surface area contributed by atoms with Crippen LogP contribution in [0.15, 0.2) is 24.3 Å². The van der Waals surface area contributed by atoms with Gasteiger partial charge in [0.25, 0.3) is 0 Å². The molecule has 1 fully saturated rings. The van der Waals surface area contributed by atoms with Gasteiger partial charge in [0, 0.05) is 11.9 Å². The van der Waals surface area contributed by atoms with Gasteiger partial charge in [-0.15, -0.1) is 0 Å². The smallest absolute Gasteiger partial charge is 0.133 e. The molecule has 3 nitrogen and oxygen atoms in total. The van der Waals surface area contributed by atoms with E-state index >= 15 is 0 Å². The molecule has 1 aliphatic rings. The van der Waals surface area contributed by atoms with Crippen molar-refractivity contribution in [1.82, 2.24) is 0 Å². The molecule has 2 rings (SSSR count). The second-order valence-corrected chi connectivity index (χ2v) is 5.07. The molecule has 1 heterocycles. The van der Waals surface area contributed by atoms with Crippen LogP contribution in [0.2, 0.25) is 0 Å². The van der Waals surface area contributed by atoms with Crippen molar-refractivity contribution < 1.29 is 9.47 Å². The fourth-order valence-electron chi connectivity index (χ4n) is 2.00. The molecule has 1 saturated heterocycles. The number of hydrogen-bond acceptors (Lipinski definition) is 4. The fourth-order valence-corrected chi connectivity index (χ4v) is 2.63. The van der Waals surface area contributed by atoms with Crippen molar-refractivity contribution >= 4 is 11.8 Å². The summed E-state index contributed by atoms with van der Waals surface area (Å²) in [6.07, 6.45) is 1.98. The van der Waals surface area contributed by atoms with E-state index in [1.807, 2.05) is 24.3 Å². The van der Waals surface area contributed by atoms with Crippen LogP contribution in [-0.2, 0) is 4.74 Å². The first-order valence-electron chi connectivity index (χ1n) is 5.63. The number of rotatable bonds is 3. The number of ether oxygens (including phenoxy) is 2. The van der Waals surface area contributed by atoms with Gasteiger partial charge < -0.3 is 9.47 Å². The lowest BCUT2D eigenvalue weighted by molar-refractivity contribution is 0.0179. The van der Waals surface area contributed by atoms with E-state index in [9.17, 15) is 0 Å². The number of thiocyanates is 1. The Labute approximate surface area is 106 Å². The Hall–Kier alpha value is -1.18. The largest absolute Gasteiger partial charge is 0.497 e. The Morgan fingerprint density at radius 3 is 2.82 bits per heavy atom. The van der Waals surface area contributed by atoms with Crippen molar-refractivity contribution in [1.29, 1.82) is 5.26 Å². The summed E-state index contributed by atoms with van der Waals surface area (Å²) in [6, 6.07) is 7.95. The third-order valence-electron chi connectivity index (χ3n) is 2.94. The van der Waals surface area contributed by atoms with Gasteiger partial charge in [0.2, 0.25) is 0 Å². The zero-order valence-electron chi connectivity index (χ0n) is 9.76. The Balaban J connectivity index is 2.03. The first-order valence-corrected chi connectivity index (χ1v) is 6.51. The highest BCUT2D eigenvalue weighted by Crippen LogP contribution is 2.34. The summed E-state index contributed by atoms with van der Waals surface area (Å²) in [6.45, 7) is 0.732. The van der Waals surface area contributed by atoms with Crippen molar-refractivity contribution in [3.8, 4) is 11.2 Å². The average Bonchev–Trinajstić information content (AvgIpc) is 2.40. The predicted molar refractivity (Wildman–Crippen MR) is 67.9 cm³/mol. The van der Waals surface area contributed by atoms with E-state index in [-0.39, 0.29) is 6.10 Å². The van der Waals surface area contributed by atoms with Crippen LogP contribution in [0.25, 0.3) is 0 Å². The number of nitrogens with zero attached hydrogens (tertiary/aromatic N) is 1. The van der Waals surface area contributed by atoms with Crippen molar-refractivity contribution in [2.24, 2.45) is 0 Å². The lowest BCUT2D eigenvalue weighted by Crippen LogP contribution is -2.21. The molecule has 0 bridgehead atoms. The molecule has 0 aromatic heterocycles. The molecule has 0 saturated carbocycles. The fraction of sp³-hybridized carbons (Fsp3) is 0.462. The summed E-state index contributed by atoms with van der Waals surface area (Å²) in [7, 11) is 1.66. The normalized spacial score (nSPS) is 24.0. The van der Waals surface area contributed by atoms with Crippen molar-refractivity contribution in [2.75, 3.05) is 13.7 Å². The lowest BCUT2D eigenvalue weighted by Gasteiger charge is -2.28. The first-order chi connectivity index (χ1) is 8.33. The number of thioether (sulfide) groups is 1. The molecular formula is C13H15NO2S. The lowest BCUT2D eigenvalue weighted by atomic mass is 10.0. The maximum absolute atomic E-state index is 8.70. The van der Waals surface area contributed by atoms with E-state index in [4.69, 9.17) is 14.7 Å². The van der Waals surface area contributed by atoms with Gasteiger partial charge in [-0.3, -0.25) is 0 Å². The van der Waals surface area contributed by atoms with E-state index in [1.165, 1.54) is 11.8 Å². The summed E-state index contributed by atoms with van der Waals surface area (Å²) in [5, 5.41) is 11.3. The van der Waals surface area contributed by atoms with Crippen molar-refractivity contribution in [3.63, 3.8) is 0 Å². The van der Waals surface area contributed by atoms with Gasteiger partial charge in [-0.25, -0.2) is 0 Å². The zero-order valence-corrected chi connectivity index (χ0v) is 10.6. The highest BCUT2D eigenvalue weighted by molar-refractivity contribution is 8.04. The maximum Gasteiger partial charge on any atom is 0.133 e. The van der Waals surface area contributed by atoms with Gasteiger partial charge in [-0.05, 0) is 42.3 Å². The van der Waals surface area contributed by atoms with Crippen LogP contribution in [0.3, 0.4) is 0 Å². The summed E-state index contributed by atoms with van der Waals surface area (Å²) in [5.74, 6) is 0.854. The number of methoxy groups -OCH3 is 1. The first kappa shape index (κ1) is 12.3. The Morgan fingerprint density at radius 2 is 2.18 bits per heavy atom. The number of benzene rings is 1. The van der Waals surface area contributed by atoms with Crippen LogP contribution in [0.4, 0.5) is 0 Å². The van der Waals surface area contributed by atoms with Crippen molar-refractivity contribution in [2.45, 2.75) is 24.2 Å². The van der Waals surface area contributed by atoms with Gasteiger partial charge in [-0.1, -0.05) is 12.1 Å². The molecule has 17 heavy (non-hydrogen) atoms. The monoisotopic (exact) mass is 249 g/mol. The Bertz CT molecular complexity index is 399. The molecule has 1 aliphatic heterocycles. The van der Waals surface area contributed by atoms with Gasteiger partial charge in [0.15, 0.2) is 0 Å². The number of nitriles is 1. The zero-order chi connectivity index (χ0) is 12.1. The minimum absolute atomic E-state index is 0.112. The second kappa shape index (κ2) is 5.95. The van der Waals surface area contributed by atoms with Crippen LogP contribution in [0.1, 0.15) is 24.5 Å². The standard InChI is InChI=1S/C13H15NO2S/c1-15-11-4-2-10(3-5-11)13-8-12(17-9-14)6-7-16-13/h2-5,12-13H,6-8H2,1H3/t12-,13+/m0/s1. The summed E-state index contributed by atoms with van der Waals surface area (Å²) in [5.41, 5.74) is 1.16. The van der Waals surface area contributed by atoms with E-state index in [1.54, 1.807) is 7.11 Å². The highest BCUT2D eigenvalue weighted by Gasteiger charge is 2.24. The number of hydrogen-bond donors (Lipinski definition) is 0. The van der Waals surface area contributed by atoms with Crippen LogP contribution < -0.4 is 4.74 Å². The van der Waals surface area contributed by atoms with Crippen LogP contribution in [0.5, 0.6) is 5.75 Å². The third-order valence-corrected chi connectivity index (χ3v) is 3.81. The molecular weight excluding hydrogens is 234 g/mol. The molecule has 1 aromatic carbocycles. The van der Waals surface area contributed by atoms with Crippen LogP contribution in [-0.4, -0.2) is 19.0 Å². The summed E-state index contributed by atoms with van der Waals surface area (Å²) >= 11 is 1.36. The van der Waals surface area contributed by atoms with E-state index in [2.05, 4.69) is 5.40 Å². The molecule has 0 N–H and O–H groups in total. The topological polar surface area (TPSA) is 42.2 Å². The minimum atomic E-state index is 0.112. The molecule has 0 amide bonds. The van der Waals surface area contributed by atoms with Gasteiger partial charge in [0.05, 0.1) is 13.2 Å². The maximum atomic E-state index is 8.70. The van der Waals surface area contributed by atoms with Crippen LogP contribution in [0, 0.1) is 10.7 Å². The van der Waals surface area contributed by atoms with Gasteiger partial charge in [0.1, 0.15) is 11.2 Å². The van der Waals surface area contributed by atoms with Crippen LogP contribution >= 0.6 is 11.8 Å². The van der Waals surface area contributed by atoms with E-state index in [0.29, 0.717) is 5.25 Å². The van der Waals surface area contributed by atoms with E-state index in [0.717, 1.165) is 30.8 Å². The molecule has 0 aliphatic carbocycles. The minimum Gasteiger partial charge on any atom is -0.497 e. The molecule has 90 valence electrons. The summed E-state index contributed by atoms with van der Waals surface area (Å²) in [4.78, 5) is 0. The van der Waals surface area contributed by atoms with Gasteiger partial charge >= 0.3 is 0 Å². The molecule has 0 radical (unpaired) electrons. The second-order valence-electron chi connectivity index (χ2n) is 3.99. The van der Waals surface area contributed by atoms with Crippen molar-refractivity contribution in [3.05, 3.63) is 29.8 Å². The molecule has 0 unspecified atom stereocenters. The predicted octanol–water partition coefficient (Wildman–Crippen LogP) is 3.13.